The molecule has 2 N–H and O–H groups in total. The summed E-state index contributed by atoms with van der Waals surface area (Å²) < 4.78 is 7.31. The number of rotatable bonds is 4. The molecule has 0 aliphatic rings. The maximum Gasteiger partial charge on any atom is 0.339 e. The van der Waals surface area contributed by atoms with E-state index < -0.39 is 17.4 Å². The number of anilines is 1. The number of hydrogen-bond donors (Lipinski definition) is 2. The van der Waals surface area contributed by atoms with Gasteiger partial charge in [-0.2, -0.15) is 5.10 Å². The quantitative estimate of drug-likeness (QED) is 0.601. The van der Waals surface area contributed by atoms with Crippen molar-refractivity contribution in [2.24, 2.45) is 0 Å². The van der Waals surface area contributed by atoms with Crippen LogP contribution in [0.1, 0.15) is 32.1 Å². The van der Waals surface area contributed by atoms with Crippen molar-refractivity contribution >= 4 is 33.5 Å². The standard InChI is InChI=1S/C19H17BrN4O4/c1-10-16(20)11(2)24(23-10)14-6-4-12(5-7-14)17(25)22-15-8-13(19(27)28-3)9-21-18(15)26/h4-9H,1-3H3,(H,21,26)(H,22,25). The number of carbonyl (C=O) groups is 2. The first-order valence-electron chi connectivity index (χ1n) is 8.26. The van der Waals surface area contributed by atoms with E-state index in [1.54, 1.807) is 28.9 Å². The highest BCUT2D eigenvalue weighted by molar-refractivity contribution is 9.10. The predicted molar refractivity (Wildman–Crippen MR) is 107 cm³/mol. The number of ether oxygens (including phenoxy) is 1. The lowest BCUT2D eigenvalue weighted by Gasteiger charge is -2.08. The second-order valence-corrected chi connectivity index (χ2v) is 6.81. The highest BCUT2D eigenvalue weighted by atomic mass is 79.9. The van der Waals surface area contributed by atoms with Gasteiger partial charge in [0, 0.05) is 11.8 Å². The smallest absolute Gasteiger partial charge is 0.339 e. The minimum Gasteiger partial charge on any atom is -0.465 e. The maximum atomic E-state index is 12.5. The molecular weight excluding hydrogens is 428 g/mol. The fraction of sp³-hybridized carbons (Fsp3) is 0.158. The molecule has 28 heavy (non-hydrogen) atoms. The van der Waals surface area contributed by atoms with E-state index in [9.17, 15) is 14.4 Å². The zero-order chi connectivity index (χ0) is 20.4. The van der Waals surface area contributed by atoms with Crippen LogP contribution >= 0.6 is 15.9 Å². The van der Waals surface area contributed by atoms with E-state index in [0.29, 0.717) is 5.56 Å². The van der Waals surface area contributed by atoms with Gasteiger partial charge in [0.25, 0.3) is 11.5 Å². The first-order chi connectivity index (χ1) is 13.3. The van der Waals surface area contributed by atoms with Crippen molar-refractivity contribution < 1.29 is 14.3 Å². The normalized spacial score (nSPS) is 10.6. The largest absolute Gasteiger partial charge is 0.465 e. The average Bonchev–Trinajstić information content (AvgIpc) is 2.96. The van der Waals surface area contributed by atoms with E-state index in [0.717, 1.165) is 21.5 Å². The molecule has 2 heterocycles. The number of halogens is 1. The Morgan fingerprint density at radius 2 is 1.86 bits per heavy atom. The number of pyridine rings is 1. The van der Waals surface area contributed by atoms with Gasteiger partial charge in [-0.15, -0.1) is 0 Å². The SMILES string of the molecule is COC(=O)c1c[nH]c(=O)c(NC(=O)c2ccc(-n3nc(C)c(Br)c3C)cc2)c1. The predicted octanol–water partition coefficient (Wildman–Crippen LogP) is 2.98. The lowest BCUT2D eigenvalue weighted by molar-refractivity contribution is 0.0600. The third-order valence-electron chi connectivity index (χ3n) is 4.15. The van der Waals surface area contributed by atoms with Crippen LogP contribution in [-0.4, -0.2) is 33.8 Å². The van der Waals surface area contributed by atoms with Crippen molar-refractivity contribution in [1.29, 1.82) is 0 Å². The molecule has 0 aliphatic heterocycles. The number of H-pyrrole nitrogens is 1. The van der Waals surface area contributed by atoms with E-state index >= 15 is 0 Å². The summed E-state index contributed by atoms with van der Waals surface area (Å²) in [6.07, 6.45) is 1.23. The van der Waals surface area contributed by atoms with Gasteiger partial charge in [0.2, 0.25) is 0 Å². The van der Waals surface area contributed by atoms with Gasteiger partial charge >= 0.3 is 5.97 Å². The van der Waals surface area contributed by atoms with Gasteiger partial charge in [0.05, 0.1) is 34.2 Å². The van der Waals surface area contributed by atoms with Crippen molar-refractivity contribution in [2.75, 3.05) is 12.4 Å². The monoisotopic (exact) mass is 444 g/mol. The van der Waals surface area contributed by atoms with Gasteiger partial charge in [0.1, 0.15) is 5.69 Å². The number of aromatic amines is 1. The van der Waals surface area contributed by atoms with Crippen LogP contribution in [0.2, 0.25) is 0 Å². The van der Waals surface area contributed by atoms with Gasteiger partial charge in [-0.1, -0.05) is 0 Å². The fourth-order valence-corrected chi connectivity index (χ4v) is 2.88. The van der Waals surface area contributed by atoms with Crippen molar-refractivity contribution in [3.05, 3.63) is 73.9 Å². The van der Waals surface area contributed by atoms with Crippen molar-refractivity contribution in [1.82, 2.24) is 14.8 Å². The molecule has 3 aromatic rings. The molecule has 0 saturated carbocycles. The summed E-state index contributed by atoms with van der Waals surface area (Å²) in [5, 5.41) is 6.96. The van der Waals surface area contributed by atoms with Crippen molar-refractivity contribution in [2.45, 2.75) is 13.8 Å². The van der Waals surface area contributed by atoms with Gasteiger partial charge in [-0.25, -0.2) is 9.48 Å². The Hall–Kier alpha value is -3.20. The Morgan fingerprint density at radius 3 is 2.43 bits per heavy atom. The molecule has 0 unspecified atom stereocenters. The average molecular weight is 445 g/mol. The number of aryl methyl sites for hydroxylation is 1. The number of esters is 1. The van der Waals surface area contributed by atoms with Crippen LogP contribution in [-0.2, 0) is 4.74 Å². The summed E-state index contributed by atoms with van der Waals surface area (Å²) in [4.78, 5) is 38.4. The summed E-state index contributed by atoms with van der Waals surface area (Å²) in [6, 6.07) is 8.05. The van der Waals surface area contributed by atoms with Crippen molar-refractivity contribution in [3.8, 4) is 5.69 Å². The Morgan fingerprint density at radius 1 is 1.18 bits per heavy atom. The van der Waals surface area contributed by atoms with Crippen LogP contribution < -0.4 is 10.9 Å². The second kappa shape index (κ2) is 7.81. The summed E-state index contributed by atoms with van der Waals surface area (Å²) in [5.74, 6) is -1.10. The molecule has 0 aliphatic carbocycles. The molecule has 0 fully saturated rings. The summed E-state index contributed by atoms with van der Waals surface area (Å²) >= 11 is 3.49. The molecule has 3 rings (SSSR count). The van der Waals surface area contributed by atoms with Crippen LogP contribution in [0.4, 0.5) is 5.69 Å². The lowest BCUT2D eigenvalue weighted by atomic mass is 10.2. The highest BCUT2D eigenvalue weighted by Gasteiger charge is 2.14. The lowest BCUT2D eigenvalue weighted by Crippen LogP contribution is -2.21. The molecule has 1 aromatic carbocycles. The van der Waals surface area contributed by atoms with E-state index in [4.69, 9.17) is 0 Å². The minimum absolute atomic E-state index is 0.0422. The zero-order valence-corrected chi connectivity index (χ0v) is 17.0. The number of hydrogen-bond acceptors (Lipinski definition) is 5. The molecule has 0 saturated heterocycles. The third-order valence-corrected chi connectivity index (χ3v) is 5.30. The van der Waals surface area contributed by atoms with Crippen LogP contribution in [0, 0.1) is 13.8 Å². The summed E-state index contributed by atoms with van der Waals surface area (Å²) in [7, 11) is 1.23. The number of nitrogens with one attached hydrogen (secondary N) is 2. The minimum atomic E-state index is -0.618. The number of amides is 1. The molecule has 0 atom stereocenters. The van der Waals surface area contributed by atoms with Gasteiger partial charge in [0.15, 0.2) is 0 Å². The van der Waals surface area contributed by atoms with E-state index in [-0.39, 0.29) is 11.3 Å². The fourth-order valence-electron chi connectivity index (χ4n) is 2.64. The Labute approximate surface area is 168 Å². The molecule has 0 bridgehead atoms. The zero-order valence-electron chi connectivity index (χ0n) is 15.4. The van der Waals surface area contributed by atoms with Crippen LogP contribution in [0.15, 0.2) is 45.8 Å². The van der Waals surface area contributed by atoms with Gasteiger partial charge in [-0.05, 0) is 60.1 Å². The van der Waals surface area contributed by atoms with E-state index in [1.165, 1.54) is 19.4 Å². The number of nitrogens with zero attached hydrogens (tertiary/aromatic N) is 2. The molecule has 144 valence electrons. The van der Waals surface area contributed by atoms with Gasteiger partial charge < -0.3 is 15.0 Å². The number of carbonyl (C=O) groups excluding carboxylic acids is 2. The van der Waals surface area contributed by atoms with Crippen LogP contribution in [0.25, 0.3) is 5.69 Å². The van der Waals surface area contributed by atoms with Gasteiger partial charge in [-0.3, -0.25) is 9.59 Å². The second-order valence-electron chi connectivity index (χ2n) is 6.02. The third kappa shape index (κ3) is 3.74. The highest BCUT2D eigenvalue weighted by Crippen LogP contribution is 2.23. The molecular formula is C19H17BrN4O4. The number of benzene rings is 1. The molecule has 0 radical (unpaired) electrons. The Balaban J connectivity index is 1.83. The number of methoxy groups -OCH3 is 1. The molecule has 1 amide bonds. The number of aromatic nitrogens is 3. The molecule has 9 heteroatoms. The molecule has 0 spiro atoms. The summed E-state index contributed by atoms with van der Waals surface area (Å²) in [5.41, 5.74) is 2.53. The first-order valence-corrected chi connectivity index (χ1v) is 9.05. The maximum absolute atomic E-state index is 12.5. The Bertz CT molecular complexity index is 1120. The van der Waals surface area contributed by atoms with Crippen molar-refractivity contribution in [3.63, 3.8) is 0 Å². The van der Waals surface area contributed by atoms with Crippen LogP contribution in [0.5, 0.6) is 0 Å². The Kier molecular flexibility index (Phi) is 5.46. The first kappa shape index (κ1) is 19.6. The van der Waals surface area contributed by atoms with Crippen LogP contribution in [0.3, 0.4) is 0 Å². The molecule has 8 nitrogen and oxygen atoms in total. The van der Waals surface area contributed by atoms with E-state index in [1.807, 2.05) is 13.8 Å². The van der Waals surface area contributed by atoms with E-state index in [2.05, 4.69) is 36.1 Å². The molecule has 2 aromatic heterocycles. The topological polar surface area (TPSA) is 106 Å². The summed E-state index contributed by atoms with van der Waals surface area (Å²) in [6.45, 7) is 3.83.